The predicted octanol–water partition coefficient (Wildman–Crippen LogP) is 5.04. The van der Waals surface area contributed by atoms with E-state index in [0.717, 1.165) is 5.56 Å². The van der Waals surface area contributed by atoms with Gasteiger partial charge in [-0.25, -0.2) is 4.79 Å². The Morgan fingerprint density at radius 2 is 2.04 bits per heavy atom. The first kappa shape index (κ1) is 18.9. The Labute approximate surface area is 156 Å². The highest BCUT2D eigenvalue weighted by Crippen LogP contribution is 2.23. The van der Waals surface area contributed by atoms with Crippen LogP contribution in [0.25, 0.3) is 6.08 Å². The number of esters is 1. The third-order valence-electron chi connectivity index (χ3n) is 3.19. The number of rotatable bonds is 6. The Bertz CT molecular complexity index is 841. The summed E-state index contributed by atoms with van der Waals surface area (Å²) >= 11 is 12.0. The standard InChI is InChI=1S/C19H15Cl2NO3/c1-2-24-19(23)15(11-22)8-13-4-3-5-17(9-13)25-12-14-6-7-16(20)10-18(14)21/h3-10H,2,12H2,1H3/b15-8-. The van der Waals surface area contributed by atoms with Gasteiger partial charge in [0.05, 0.1) is 6.61 Å². The van der Waals surface area contributed by atoms with Gasteiger partial charge in [0.15, 0.2) is 0 Å². The van der Waals surface area contributed by atoms with Gasteiger partial charge in [-0.2, -0.15) is 5.26 Å². The molecule has 0 aliphatic rings. The predicted molar refractivity (Wildman–Crippen MR) is 97.5 cm³/mol. The third kappa shape index (κ3) is 5.53. The lowest BCUT2D eigenvalue weighted by molar-refractivity contribution is -0.137. The highest BCUT2D eigenvalue weighted by Gasteiger charge is 2.10. The summed E-state index contributed by atoms with van der Waals surface area (Å²) in [7, 11) is 0. The molecule has 0 bridgehead atoms. The van der Waals surface area contributed by atoms with Gasteiger partial charge in [0.25, 0.3) is 0 Å². The molecule has 2 aromatic carbocycles. The summed E-state index contributed by atoms with van der Waals surface area (Å²) in [4.78, 5) is 11.7. The maximum Gasteiger partial charge on any atom is 0.348 e. The first-order valence-electron chi connectivity index (χ1n) is 7.49. The quantitative estimate of drug-likeness (QED) is 0.403. The van der Waals surface area contributed by atoms with Crippen molar-refractivity contribution in [3.63, 3.8) is 0 Å². The van der Waals surface area contributed by atoms with Crippen LogP contribution < -0.4 is 4.74 Å². The lowest BCUT2D eigenvalue weighted by Crippen LogP contribution is -2.06. The number of carbonyl (C=O) groups is 1. The molecule has 0 saturated carbocycles. The van der Waals surface area contributed by atoms with Crippen LogP contribution in [-0.4, -0.2) is 12.6 Å². The highest BCUT2D eigenvalue weighted by atomic mass is 35.5. The van der Waals surface area contributed by atoms with Crippen LogP contribution in [0.15, 0.2) is 48.0 Å². The Morgan fingerprint density at radius 1 is 1.24 bits per heavy atom. The normalized spacial score (nSPS) is 10.9. The van der Waals surface area contributed by atoms with Crippen molar-refractivity contribution in [3.8, 4) is 11.8 Å². The van der Waals surface area contributed by atoms with E-state index in [-0.39, 0.29) is 18.8 Å². The van der Waals surface area contributed by atoms with Crippen molar-refractivity contribution in [2.75, 3.05) is 6.61 Å². The minimum Gasteiger partial charge on any atom is -0.489 e. The fraction of sp³-hybridized carbons (Fsp3) is 0.158. The van der Waals surface area contributed by atoms with Crippen LogP contribution in [0, 0.1) is 11.3 Å². The molecule has 128 valence electrons. The van der Waals surface area contributed by atoms with Gasteiger partial charge in [-0.3, -0.25) is 0 Å². The number of halogens is 2. The van der Waals surface area contributed by atoms with E-state index in [1.165, 1.54) is 6.08 Å². The molecule has 25 heavy (non-hydrogen) atoms. The van der Waals surface area contributed by atoms with E-state index in [0.29, 0.717) is 21.4 Å². The summed E-state index contributed by atoms with van der Waals surface area (Å²) in [5.41, 5.74) is 1.39. The summed E-state index contributed by atoms with van der Waals surface area (Å²) < 4.78 is 10.6. The second-order valence-electron chi connectivity index (χ2n) is 4.99. The molecule has 0 aliphatic carbocycles. The minimum atomic E-state index is -0.649. The van der Waals surface area contributed by atoms with E-state index >= 15 is 0 Å². The largest absolute Gasteiger partial charge is 0.489 e. The molecule has 0 unspecified atom stereocenters. The average molecular weight is 376 g/mol. The summed E-state index contributed by atoms with van der Waals surface area (Å²) in [6.45, 7) is 2.16. The fourth-order valence-electron chi connectivity index (χ4n) is 2.01. The van der Waals surface area contributed by atoms with E-state index in [9.17, 15) is 4.79 Å². The molecule has 6 heteroatoms. The zero-order chi connectivity index (χ0) is 18.2. The second kappa shape index (κ2) is 9.12. The Kier molecular flexibility index (Phi) is 6.88. The monoisotopic (exact) mass is 375 g/mol. The lowest BCUT2D eigenvalue weighted by Gasteiger charge is -2.09. The molecule has 0 N–H and O–H groups in total. The van der Waals surface area contributed by atoms with Gasteiger partial charge < -0.3 is 9.47 Å². The maximum absolute atomic E-state index is 11.7. The fourth-order valence-corrected chi connectivity index (χ4v) is 2.47. The van der Waals surface area contributed by atoms with E-state index in [4.69, 9.17) is 37.9 Å². The first-order valence-corrected chi connectivity index (χ1v) is 8.24. The molecule has 0 aliphatic heterocycles. The number of benzene rings is 2. The minimum absolute atomic E-state index is 0.0697. The summed E-state index contributed by atoms with van der Waals surface area (Å²) in [5.74, 6) is -0.0646. The first-order chi connectivity index (χ1) is 12.0. The Morgan fingerprint density at radius 3 is 2.72 bits per heavy atom. The van der Waals surface area contributed by atoms with Crippen LogP contribution in [0.2, 0.25) is 10.0 Å². The Hall–Kier alpha value is -2.48. The van der Waals surface area contributed by atoms with Crippen molar-refractivity contribution >= 4 is 35.2 Å². The zero-order valence-electron chi connectivity index (χ0n) is 13.5. The third-order valence-corrected chi connectivity index (χ3v) is 3.78. The summed E-state index contributed by atoms with van der Waals surface area (Å²) in [5, 5.41) is 10.2. The molecule has 0 spiro atoms. The molecule has 0 amide bonds. The topological polar surface area (TPSA) is 59.3 Å². The second-order valence-corrected chi connectivity index (χ2v) is 5.83. The zero-order valence-corrected chi connectivity index (χ0v) is 15.0. The summed E-state index contributed by atoms with van der Waals surface area (Å²) in [6, 6.07) is 14.1. The number of carbonyl (C=O) groups excluding carboxylic acids is 1. The molecule has 0 atom stereocenters. The van der Waals surface area contributed by atoms with Crippen molar-refractivity contribution in [1.82, 2.24) is 0 Å². The van der Waals surface area contributed by atoms with E-state index < -0.39 is 5.97 Å². The molecule has 0 heterocycles. The van der Waals surface area contributed by atoms with E-state index in [1.807, 2.05) is 6.07 Å². The average Bonchev–Trinajstić information content (AvgIpc) is 2.59. The van der Waals surface area contributed by atoms with Crippen LogP contribution in [0.5, 0.6) is 5.75 Å². The van der Waals surface area contributed by atoms with Gasteiger partial charge in [0.2, 0.25) is 0 Å². The van der Waals surface area contributed by atoms with E-state index in [1.54, 1.807) is 49.4 Å². The number of hydrogen-bond donors (Lipinski definition) is 0. The molecule has 0 fully saturated rings. The number of nitrogens with zero attached hydrogens (tertiary/aromatic N) is 1. The number of hydrogen-bond acceptors (Lipinski definition) is 4. The molecule has 0 aromatic heterocycles. The van der Waals surface area contributed by atoms with Crippen LogP contribution in [-0.2, 0) is 16.1 Å². The number of nitriles is 1. The summed E-state index contributed by atoms with van der Waals surface area (Å²) in [6.07, 6.45) is 1.46. The smallest absolute Gasteiger partial charge is 0.348 e. The van der Waals surface area contributed by atoms with Crippen molar-refractivity contribution in [3.05, 3.63) is 69.2 Å². The van der Waals surface area contributed by atoms with Gasteiger partial charge >= 0.3 is 5.97 Å². The molecule has 2 aromatic rings. The van der Waals surface area contributed by atoms with E-state index in [2.05, 4.69) is 0 Å². The maximum atomic E-state index is 11.7. The van der Waals surface area contributed by atoms with Crippen LogP contribution in [0.3, 0.4) is 0 Å². The van der Waals surface area contributed by atoms with Crippen molar-refractivity contribution in [2.45, 2.75) is 13.5 Å². The highest BCUT2D eigenvalue weighted by molar-refractivity contribution is 6.35. The van der Waals surface area contributed by atoms with Crippen molar-refractivity contribution < 1.29 is 14.3 Å². The van der Waals surface area contributed by atoms with Crippen LogP contribution >= 0.6 is 23.2 Å². The lowest BCUT2D eigenvalue weighted by atomic mass is 10.1. The van der Waals surface area contributed by atoms with Crippen LogP contribution in [0.4, 0.5) is 0 Å². The molecule has 0 saturated heterocycles. The van der Waals surface area contributed by atoms with Gasteiger partial charge in [0.1, 0.15) is 24.0 Å². The molecular weight excluding hydrogens is 361 g/mol. The molecular formula is C19H15Cl2NO3. The molecule has 2 rings (SSSR count). The van der Waals surface area contributed by atoms with Crippen LogP contribution in [0.1, 0.15) is 18.1 Å². The number of ether oxygens (including phenoxy) is 2. The van der Waals surface area contributed by atoms with Gasteiger partial charge in [-0.05, 0) is 42.8 Å². The SMILES string of the molecule is CCOC(=O)/C(C#N)=C\c1cccc(OCc2ccc(Cl)cc2Cl)c1. The van der Waals surface area contributed by atoms with Crippen molar-refractivity contribution in [1.29, 1.82) is 5.26 Å². The van der Waals surface area contributed by atoms with Gasteiger partial charge in [0, 0.05) is 15.6 Å². The Balaban J connectivity index is 2.13. The van der Waals surface area contributed by atoms with Gasteiger partial charge in [-0.1, -0.05) is 41.4 Å². The van der Waals surface area contributed by atoms with Gasteiger partial charge in [-0.15, -0.1) is 0 Å². The molecule has 0 radical (unpaired) electrons. The van der Waals surface area contributed by atoms with Crippen molar-refractivity contribution in [2.24, 2.45) is 0 Å². The molecule has 4 nitrogen and oxygen atoms in total.